The van der Waals surface area contributed by atoms with E-state index in [-0.39, 0.29) is 24.1 Å². The topological polar surface area (TPSA) is 43.4 Å². The van der Waals surface area contributed by atoms with E-state index in [0.717, 1.165) is 5.56 Å². The second-order valence-corrected chi connectivity index (χ2v) is 4.94. The van der Waals surface area contributed by atoms with Gasteiger partial charge in [0.25, 0.3) is 10.1 Å². The molecule has 0 N–H and O–H groups in total. The Labute approximate surface area is 81.6 Å². The molecule has 1 atom stereocenters. The van der Waals surface area contributed by atoms with Gasteiger partial charge in [-0.05, 0) is 17.7 Å². The lowest BCUT2D eigenvalue weighted by Crippen LogP contribution is -2.03. The smallest absolute Gasteiger partial charge is 0.268 e. The van der Waals surface area contributed by atoms with Crippen molar-refractivity contribution in [3.05, 3.63) is 35.6 Å². The van der Waals surface area contributed by atoms with Gasteiger partial charge in [-0.1, -0.05) is 12.1 Å². The summed E-state index contributed by atoms with van der Waals surface area (Å²) in [5.74, 6) is -0.505. The zero-order valence-electron chi connectivity index (χ0n) is 7.31. The first-order chi connectivity index (χ1) is 6.57. The Morgan fingerprint density at radius 3 is 2.43 bits per heavy atom. The number of hydrogen-bond acceptors (Lipinski definition) is 3. The van der Waals surface area contributed by atoms with Crippen molar-refractivity contribution in [3.63, 3.8) is 0 Å². The first-order valence-electron chi connectivity index (χ1n) is 4.19. The van der Waals surface area contributed by atoms with Crippen molar-refractivity contribution < 1.29 is 17.0 Å². The summed E-state index contributed by atoms with van der Waals surface area (Å²) in [5, 5.41) is 0. The minimum absolute atomic E-state index is 0.0152. The summed E-state index contributed by atoms with van der Waals surface area (Å²) in [5.41, 5.74) is 0.799. The molecule has 1 aliphatic rings. The van der Waals surface area contributed by atoms with E-state index in [1.54, 1.807) is 12.1 Å². The van der Waals surface area contributed by atoms with Gasteiger partial charge in [-0.25, -0.2) is 4.39 Å². The molecule has 3 nitrogen and oxygen atoms in total. The lowest BCUT2D eigenvalue weighted by molar-refractivity contribution is 0.340. The summed E-state index contributed by atoms with van der Waals surface area (Å²) in [6.07, 6.45) is 0. The van der Waals surface area contributed by atoms with Gasteiger partial charge in [0, 0.05) is 5.92 Å². The molecule has 0 amide bonds. The molecule has 1 fully saturated rings. The third-order valence-electron chi connectivity index (χ3n) is 2.20. The van der Waals surface area contributed by atoms with Crippen LogP contribution in [0.4, 0.5) is 4.39 Å². The van der Waals surface area contributed by atoms with Crippen LogP contribution >= 0.6 is 0 Å². The second kappa shape index (κ2) is 3.33. The monoisotopic (exact) mass is 216 g/mol. The molecule has 1 aliphatic heterocycles. The van der Waals surface area contributed by atoms with Gasteiger partial charge in [-0.3, -0.25) is 4.18 Å². The Morgan fingerprint density at radius 1 is 1.29 bits per heavy atom. The summed E-state index contributed by atoms with van der Waals surface area (Å²) in [7, 11) is -3.35. The van der Waals surface area contributed by atoms with Gasteiger partial charge in [-0.2, -0.15) is 8.42 Å². The highest BCUT2D eigenvalue weighted by Crippen LogP contribution is 2.25. The van der Waals surface area contributed by atoms with Gasteiger partial charge in [-0.15, -0.1) is 0 Å². The molecule has 2 rings (SSSR count). The summed E-state index contributed by atoms with van der Waals surface area (Å²) < 4.78 is 39.2. The average Bonchev–Trinajstić information content (AvgIpc) is 2.47. The molecule has 76 valence electrons. The van der Waals surface area contributed by atoms with E-state index in [2.05, 4.69) is 4.18 Å². The molecule has 0 spiro atoms. The van der Waals surface area contributed by atoms with Gasteiger partial charge in [0.05, 0.1) is 12.4 Å². The van der Waals surface area contributed by atoms with E-state index in [1.165, 1.54) is 12.1 Å². The fourth-order valence-electron chi connectivity index (χ4n) is 1.46. The van der Waals surface area contributed by atoms with Crippen molar-refractivity contribution in [1.82, 2.24) is 0 Å². The average molecular weight is 216 g/mol. The Morgan fingerprint density at radius 2 is 1.93 bits per heavy atom. The SMILES string of the molecule is O=S1(=O)C[C@@H](c2ccc(F)cc2)CO1. The number of halogens is 1. The van der Waals surface area contributed by atoms with Crippen LogP contribution in [0.2, 0.25) is 0 Å². The van der Waals surface area contributed by atoms with Crippen LogP contribution in [0.15, 0.2) is 24.3 Å². The maximum atomic E-state index is 12.6. The number of benzene rings is 1. The van der Waals surface area contributed by atoms with Crippen LogP contribution in [0, 0.1) is 5.82 Å². The highest BCUT2D eigenvalue weighted by atomic mass is 32.2. The van der Waals surface area contributed by atoms with E-state index in [9.17, 15) is 12.8 Å². The van der Waals surface area contributed by atoms with Gasteiger partial charge in [0.2, 0.25) is 0 Å². The highest BCUT2D eigenvalue weighted by molar-refractivity contribution is 7.87. The Bertz CT molecular complexity index is 424. The molecular formula is C9H9FO3S. The summed E-state index contributed by atoms with van der Waals surface area (Å²) >= 11 is 0. The molecule has 0 saturated carbocycles. The molecular weight excluding hydrogens is 207 g/mol. The van der Waals surface area contributed by atoms with Gasteiger partial charge in [0.15, 0.2) is 0 Å². The van der Waals surface area contributed by atoms with Crippen LogP contribution in [0.1, 0.15) is 11.5 Å². The van der Waals surface area contributed by atoms with Crippen LogP contribution < -0.4 is 0 Å². The summed E-state index contributed by atoms with van der Waals surface area (Å²) in [6, 6.07) is 5.81. The maximum absolute atomic E-state index is 12.6. The molecule has 1 heterocycles. The lowest BCUT2D eigenvalue weighted by atomic mass is 10.0. The van der Waals surface area contributed by atoms with Crippen LogP contribution in [-0.4, -0.2) is 20.8 Å². The minimum Gasteiger partial charge on any atom is -0.269 e. The fourth-order valence-corrected chi connectivity index (χ4v) is 2.71. The highest BCUT2D eigenvalue weighted by Gasteiger charge is 2.29. The number of rotatable bonds is 1. The van der Waals surface area contributed by atoms with Gasteiger partial charge in [0.1, 0.15) is 5.82 Å². The van der Waals surface area contributed by atoms with Crippen molar-refractivity contribution in [2.75, 3.05) is 12.4 Å². The molecule has 1 saturated heterocycles. The van der Waals surface area contributed by atoms with E-state index in [1.807, 2.05) is 0 Å². The van der Waals surface area contributed by atoms with E-state index >= 15 is 0 Å². The van der Waals surface area contributed by atoms with Crippen molar-refractivity contribution in [2.24, 2.45) is 0 Å². The predicted molar refractivity (Wildman–Crippen MR) is 48.9 cm³/mol. The standard InChI is InChI=1S/C9H9FO3S/c10-9-3-1-7(2-4-9)8-5-13-14(11,12)6-8/h1-4,8H,5-6H2/t8-/m0/s1. The largest absolute Gasteiger partial charge is 0.269 e. The summed E-state index contributed by atoms with van der Waals surface area (Å²) in [4.78, 5) is 0. The van der Waals surface area contributed by atoms with E-state index in [4.69, 9.17) is 0 Å². The zero-order chi connectivity index (χ0) is 10.2. The van der Waals surface area contributed by atoms with E-state index in [0.29, 0.717) is 0 Å². The first-order valence-corrected chi connectivity index (χ1v) is 5.77. The van der Waals surface area contributed by atoms with Crippen molar-refractivity contribution in [1.29, 1.82) is 0 Å². The van der Waals surface area contributed by atoms with Crippen LogP contribution in [-0.2, 0) is 14.3 Å². The molecule has 0 unspecified atom stereocenters. The Balaban J connectivity index is 2.22. The van der Waals surface area contributed by atoms with Gasteiger partial charge < -0.3 is 0 Å². The number of hydrogen-bond donors (Lipinski definition) is 0. The van der Waals surface area contributed by atoms with Crippen molar-refractivity contribution in [3.8, 4) is 0 Å². The maximum Gasteiger partial charge on any atom is 0.268 e. The third-order valence-corrected chi connectivity index (χ3v) is 3.50. The molecule has 5 heteroatoms. The van der Waals surface area contributed by atoms with Crippen LogP contribution in [0.25, 0.3) is 0 Å². The van der Waals surface area contributed by atoms with Crippen molar-refractivity contribution >= 4 is 10.1 Å². The fraction of sp³-hybridized carbons (Fsp3) is 0.333. The molecule has 0 bridgehead atoms. The molecule has 14 heavy (non-hydrogen) atoms. The molecule has 0 aromatic heterocycles. The lowest BCUT2D eigenvalue weighted by Gasteiger charge is -2.04. The van der Waals surface area contributed by atoms with Crippen LogP contribution in [0.3, 0.4) is 0 Å². The van der Waals surface area contributed by atoms with Gasteiger partial charge >= 0.3 is 0 Å². The Kier molecular flexibility index (Phi) is 2.28. The van der Waals surface area contributed by atoms with Crippen molar-refractivity contribution in [2.45, 2.75) is 5.92 Å². The second-order valence-electron chi connectivity index (χ2n) is 3.26. The normalized spacial score (nSPS) is 25.1. The molecule has 0 aliphatic carbocycles. The molecule has 0 radical (unpaired) electrons. The minimum atomic E-state index is -3.35. The summed E-state index contributed by atoms with van der Waals surface area (Å²) in [6.45, 7) is 0.161. The zero-order valence-corrected chi connectivity index (χ0v) is 8.13. The quantitative estimate of drug-likeness (QED) is 0.664. The molecule has 1 aromatic carbocycles. The van der Waals surface area contributed by atoms with Crippen LogP contribution in [0.5, 0.6) is 0 Å². The van der Waals surface area contributed by atoms with E-state index < -0.39 is 10.1 Å². The molecule has 1 aromatic rings. The predicted octanol–water partition coefficient (Wildman–Crippen LogP) is 1.27. The Hall–Kier alpha value is -0.940. The first kappa shape index (κ1) is 9.61. The third kappa shape index (κ3) is 1.93.